The number of pyridine rings is 1. The minimum absolute atomic E-state index is 0.0789. The maximum atomic E-state index is 13.0. The highest BCUT2D eigenvalue weighted by Gasteiger charge is 2.32. The molecule has 3 heterocycles. The van der Waals surface area contributed by atoms with Gasteiger partial charge in [0, 0.05) is 44.3 Å². The van der Waals surface area contributed by atoms with Crippen molar-refractivity contribution in [2.75, 3.05) is 19.6 Å². The van der Waals surface area contributed by atoms with Gasteiger partial charge in [0.2, 0.25) is 0 Å². The van der Waals surface area contributed by atoms with Gasteiger partial charge in [-0.15, -0.1) is 0 Å². The van der Waals surface area contributed by atoms with Gasteiger partial charge in [-0.2, -0.15) is 11.3 Å². The molecule has 1 atom stereocenters. The first kappa shape index (κ1) is 25.9. The zero-order chi connectivity index (χ0) is 24.9. The van der Waals surface area contributed by atoms with E-state index in [9.17, 15) is 9.59 Å². The van der Waals surface area contributed by atoms with Gasteiger partial charge in [-0.1, -0.05) is 11.6 Å². The molecule has 2 aliphatic rings. The minimum atomic E-state index is -0.0965. The number of amides is 3. The molecule has 3 amide bonds. The molecule has 0 aromatic carbocycles. The van der Waals surface area contributed by atoms with Gasteiger partial charge in [-0.25, -0.2) is 9.78 Å². The fraction of sp³-hybridized carbons (Fsp3) is 0.577. The summed E-state index contributed by atoms with van der Waals surface area (Å²) in [5.41, 5.74) is 3.31. The van der Waals surface area contributed by atoms with Gasteiger partial charge in [0.1, 0.15) is 5.15 Å². The van der Waals surface area contributed by atoms with Crippen LogP contribution < -0.4 is 10.6 Å². The molecule has 4 rings (SSSR count). The third-order valence-electron chi connectivity index (χ3n) is 7.10. The summed E-state index contributed by atoms with van der Waals surface area (Å²) in [5, 5.41) is 10.8. The van der Waals surface area contributed by atoms with E-state index in [1.807, 2.05) is 18.7 Å². The van der Waals surface area contributed by atoms with Crippen LogP contribution in [0.25, 0.3) is 0 Å². The van der Waals surface area contributed by atoms with Crippen molar-refractivity contribution in [1.82, 2.24) is 25.4 Å². The van der Waals surface area contributed by atoms with Crippen molar-refractivity contribution in [3.05, 3.63) is 50.4 Å². The lowest BCUT2D eigenvalue weighted by Crippen LogP contribution is -2.52. The number of urea groups is 1. The zero-order valence-electron chi connectivity index (χ0n) is 20.8. The predicted octanol–water partition coefficient (Wildman–Crippen LogP) is 4.76. The number of halogens is 1. The highest BCUT2D eigenvalue weighted by molar-refractivity contribution is 7.07. The molecule has 2 aromatic rings. The van der Waals surface area contributed by atoms with E-state index >= 15 is 0 Å². The summed E-state index contributed by atoms with van der Waals surface area (Å²) in [6.45, 7) is 9.10. The van der Waals surface area contributed by atoms with Crippen molar-refractivity contribution in [3.63, 3.8) is 0 Å². The van der Waals surface area contributed by atoms with Crippen LogP contribution in [0.2, 0.25) is 5.15 Å². The molecule has 1 aliphatic carbocycles. The van der Waals surface area contributed by atoms with Crippen molar-refractivity contribution >= 4 is 34.9 Å². The summed E-state index contributed by atoms with van der Waals surface area (Å²) in [4.78, 5) is 34.4. The highest BCUT2D eigenvalue weighted by Crippen LogP contribution is 2.24. The standard InChI is InChI=1S/C26H36ClN5O2S/c1-17-14-23(27)29-19(3)24(17)25(33)28-10-6-18(2)31-11-7-22(8-12-31)32(15-20-9-13-35-16-20)26(34)30-21-4-5-21/h9,13-14,16,18,21-22H,4-8,10-12,15H2,1-3H3,(H,28,33)(H,30,34)/t18-/m1/s1. The van der Waals surface area contributed by atoms with Crippen molar-refractivity contribution in [1.29, 1.82) is 0 Å². The van der Waals surface area contributed by atoms with Crippen molar-refractivity contribution in [2.45, 2.75) is 77.5 Å². The Kier molecular flexibility index (Phi) is 8.68. The first-order valence-electron chi connectivity index (χ1n) is 12.6. The fourth-order valence-electron chi connectivity index (χ4n) is 4.86. The van der Waals surface area contributed by atoms with Crippen LogP contribution in [0.4, 0.5) is 4.79 Å². The van der Waals surface area contributed by atoms with E-state index in [0.29, 0.717) is 41.6 Å². The SMILES string of the molecule is Cc1cc(Cl)nc(C)c1C(=O)NCC[C@@H](C)N1CCC(N(Cc2ccsc2)C(=O)NC2CC2)CC1. The number of thiophene rings is 1. The van der Waals surface area contributed by atoms with Crippen LogP contribution >= 0.6 is 22.9 Å². The second-order valence-corrected chi connectivity index (χ2v) is 11.0. The molecule has 0 spiro atoms. The average molecular weight is 518 g/mol. The molecule has 9 heteroatoms. The molecular weight excluding hydrogens is 482 g/mol. The quantitative estimate of drug-likeness (QED) is 0.470. The van der Waals surface area contributed by atoms with Crippen molar-refractivity contribution < 1.29 is 9.59 Å². The molecule has 0 unspecified atom stereocenters. The Morgan fingerprint density at radius 1 is 1.26 bits per heavy atom. The summed E-state index contributed by atoms with van der Waals surface area (Å²) >= 11 is 7.67. The van der Waals surface area contributed by atoms with Gasteiger partial charge < -0.3 is 20.4 Å². The van der Waals surface area contributed by atoms with E-state index < -0.39 is 0 Å². The molecule has 0 radical (unpaired) electrons. The van der Waals surface area contributed by atoms with E-state index in [2.05, 4.69) is 44.3 Å². The van der Waals surface area contributed by atoms with Gasteiger partial charge in [-0.05, 0) is 86.9 Å². The molecule has 7 nitrogen and oxygen atoms in total. The molecule has 0 bridgehead atoms. The van der Waals surface area contributed by atoms with E-state index in [1.165, 1.54) is 5.56 Å². The molecule has 190 valence electrons. The molecule has 1 saturated heterocycles. The number of rotatable bonds is 9. The lowest BCUT2D eigenvalue weighted by Gasteiger charge is -2.40. The lowest BCUT2D eigenvalue weighted by atomic mass is 10.0. The molecule has 1 saturated carbocycles. The number of likely N-dealkylation sites (tertiary alicyclic amines) is 1. The first-order chi connectivity index (χ1) is 16.8. The number of aryl methyl sites for hydroxylation is 2. The summed E-state index contributed by atoms with van der Waals surface area (Å²) in [5.74, 6) is -0.0965. The second-order valence-electron chi connectivity index (χ2n) is 9.87. The number of carbonyl (C=O) groups is 2. The Hall–Kier alpha value is -2.16. The van der Waals surface area contributed by atoms with E-state index in [1.54, 1.807) is 17.4 Å². The zero-order valence-corrected chi connectivity index (χ0v) is 22.4. The Morgan fingerprint density at radius 2 is 2.00 bits per heavy atom. The van der Waals surface area contributed by atoms with Crippen LogP contribution in [0.15, 0.2) is 22.9 Å². The van der Waals surface area contributed by atoms with Gasteiger partial charge in [-0.3, -0.25) is 4.79 Å². The maximum absolute atomic E-state index is 13.0. The highest BCUT2D eigenvalue weighted by atomic mass is 35.5. The van der Waals surface area contributed by atoms with Crippen LogP contribution in [-0.2, 0) is 6.54 Å². The minimum Gasteiger partial charge on any atom is -0.352 e. The monoisotopic (exact) mass is 517 g/mol. The summed E-state index contributed by atoms with van der Waals surface area (Å²) < 4.78 is 0. The molecule has 1 aliphatic heterocycles. The number of nitrogens with one attached hydrogen (secondary N) is 2. The Labute approximate surface area is 217 Å². The summed E-state index contributed by atoms with van der Waals surface area (Å²) in [7, 11) is 0. The number of hydrogen-bond acceptors (Lipinski definition) is 5. The van der Waals surface area contributed by atoms with Crippen molar-refractivity contribution in [3.8, 4) is 0 Å². The van der Waals surface area contributed by atoms with E-state index in [0.717, 1.165) is 50.8 Å². The first-order valence-corrected chi connectivity index (χ1v) is 13.9. The van der Waals surface area contributed by atoms with Crippen LogP contribution in [0, 0.1) is 13.8 Å². The van der Waals surface area contributed by atoms with Crippen LogP contribution in [0.1, 0.15) is 66.2 Å². The van der Waals surface area contributed by atoms with Gasteiger partial charge in [0.25, 0.3) is 5.91 Å². The van der Waals surface area contributed by atoms with Crippen molar-refractivity contribution in [2.24, 2.45) is 0 Å². The average Bonchev–Trinajstić information content (AvgIpc) is 3.47. The lowest BCUT2D eigenvalue weighted by molar-refractivity contribution is 0.0903. The largest absolute Gasteiger partial charge is 0.352 e. The Morgan fingerprint density at radius 3 is 2.63 bits per heavy atom. The Balaban J connectivity index is 1.25. The van der Waals surface area contributed by atoms with Crippen LogP contribution in [0.5, 0.6) is 0 Å². The molecular formula is C26H36ClN5O2S. The van der Waals surface area contributed by atoms with E-state index in [-0.39, 0.29) is 18.0 Å². The number of hydrogen-bond donors (Lipinski definition) is 2. The molecule has 2 N–H and O–H groups in total. The van der Waals surface area contributed by atoms with Crippen LogP contribution in [-0.4, -0.2) is 64.5 Å². The van der Waals surface area contributed by atoms with Gasteiger partial charge in [0.15, 0.2) is 0 Å². The second kappa shape index (κ2) is 11.7. The fourth-order valence-corrected chi connectivity index (χ4v) is 5.81. The third kappa shape index (κ3) is 6.96. The normalized spacial score (nSPS) is 17.7. The summed E-state index contributed by atoms with van der Waals surface area (Å²) in [6.07, 6.45) is 4.99. The maximum Gasteiger partial charge on any atom is 0.318 e. The molecule has 35 heavy (non-hydrogen) atoms. The predicted molar refractivity (Wildman–Crippen MR) is 141 cm³/mol. The number of carbonyl (C=O) groups excluding carboxylic acids is 2. The van der Waals surface area contributed by atoms with Gasteiger partial charge >= 0.3 is 6.03 Å². The number of piperidine rings is 1. The van der Waals surface area contributed by atoms with E-state index in [4.69, 9.17) is 11.6 Å². The molecule has 2 aromatic heterocycles. The number of nitrogens with zero attached hydrogens (tertiary/aromatic N) is 3. The van der Waals surface area contributed by atoms with Crippen LogP contribution in [0.3, 0.4) is 0 Å². The van der Waals surface area contributed by atoms with Gasteiger partial charge in [0.05, 0.1) is 11.3 Å². The summed E-state index contributed by atoms with van der Waals surface area (Å²) in [6, 6.07) is 4.88. The smallest absolute Gasteiger partial charge is 0.318 e. The number of aromatic nitrogens is 1. The third-order valence-corrected chi connectivity index (χ3v) is 8.03. The topological polar surface area (TPSA) is 77.6 Å². The Bertz CT molecular complexity index is 996. The molecule has 2 fully saturated rings.